The third kappa shape index (κ3) is 3.40. The maximum Gasteiger partial charge on any atom is 0.339 e. The molecule has 0 bridgehead atoms. The number of halogens is 1. The summed E-state index contributed by atoms with van der Waals surface area (Å²) in [5.74, 6) is -0.802. The van der Waals surface area contributed by atoms with Gasteiger partial charge in [-0.25, -0.2) is 4.79 Å². The van der Waals surface area contributed by atoms with E-state index in [-0.39, 0.29) is 11.1 Å². The average molecular weight is 405 g/mol. The summed E-state index contributed by atoms with van der Waals surface area (Å²) in [5.41, 5.74) is 3.72. The van der Waals surface area contributed by atoms with E-state index in [1.807, 2.05) is 24.5 Å². The van der Waals surface area contributed by atoms with Gasteiger partial charge >= 0.3 is 5.97 Å². The summed E-state index contributed by atoms with van der Waals surface area (Å²) in [4.78, 5) is 37.0. The largest absolute Gasteiger partial charge is 0.465 e. The Morgan fingerprint density at radius 1 is 1.22 bits per heavy atom. The highest BCUT2D eigenvalue weighted by atomic mass is 35.5. The zero-order valence-electron chi connectivity index (χ0n) is 15.2. The number of aromatic nitrogens is 1. The molecule has 0 spiro atoms. The molecule has 1 aliphatic heterocycles. The topological polar surface area (TPSA) is 68.6 Å². The number of nitrogens with zero attached hydrogens (tertiary/aromatic N) is 2. The molecule has 0 aliphatic carbocycles. The van der Waals surface area contributed by atoms with Gasteiger partial charge in [0.15, 0.2) is 0 Å². The number of ether oxygens (including phenoxy) is 1. The molecule has 2 heterocycles. The molecule has 1 aromatic heterocycles. The summed E-state index contributed by atoms with van der Waals surface area (Å²) in [7, 11) is 2.77. The smallest absolute Gasteiger partial charge is 0.339 e. The van der Waals surface area contributed by atoms with E-state index in [2.05, 4.69) is 0 Å². The molecule has 2 amide bonds. The summed E-state index contributed by atoms with van der Waals surface area (Å²) < 4.78 is 6.68. The molecule has 0 unspecified atom stereocenters. The number of thioether (sulfide) groups is 1. The quantitative estimate of drug-likeness (QED) is 0.566. The lowest BCUT2D eigenvalue weighted by Crippen LogP contribution is -2.22. The van der Waals surface area contributed by atoms with Crippen LogP contribution in [0.25, 0.3) is 11.8 Å². The van der Waals surface area contributed by atoms with Crippen LogP contribution in [0.15, 0.2) is 29.2 Å². The van der Waals surface area contributed by atoms with E-state index in [0.717, 1.165) is 39.3 Å². The number of likely N-dealkylation sites (N-methyl/N-ethyl adjacent to an activating group) is 1. The first kappa shape index (κ1) is 19.3. The lowest BCUT2D eigenvalue weighted by molar-refractivity contribution is -0.121. The number of aryl methyl sites for hydroxylation is 1. The lowest BCUT2D eigenvalue weighted by Gasteiger charge is -2.11. The SMILES string of the molecule is COC(=O)c1ccc(-n2c(C)cc(/C=C3\SC(=O)N(C)C3=O)c2C)cc1Cl. The summed E-state index contributed by atoms with van der Waals surface area (Å²) in [5, 5.41) is 0.00532. The van der Waals surface area contributed by atoms with Crippen molar-refractivity contribution < 1.29 is 19.1 Å². The Balaban J connectivity index is 2.02. The van der Waals surface area contributed by atoms with Crippen molar-refractivity contribution in [2.24, 2.45) is 0 Å². The van der Waals surface area contributed by atoms with Crippen molar-refractivity contribution in [3.05, 3.63) is 56.7 Å². The zero-order valence-corrected chi connectivity index (χ0v) is 16.8. The summed E-state index contributed by atoms with van der Waals surface area (Å²) in [6.07, 6.45) is 1.72. The van der Waals surface area contributed by atoms with E-state index in [0.29, 0.717) is 15.5 Å². The molecule has 27 heavy (non-hydrogen) atoms. The Morgan fingerprint density at radius 2 is 1.93 bits per heavy atom. The number of hydrogen-bond donors (Lipinski definition) is 0. The molecule has 1 aliphatic rings. The first-order valence-corrected chi connectivity index (χ1v) is 9.22. The Hall–Kier alpha value is -2.51. The molecule has 1 aromatic carbocycles. The van der Waals surface area contributed by atoms with Gasteiger partial charge in [-0.3, -0.25) is 14.5 Å². The predicted molar refractivity (Wildman–Crippen MR) is 105 cm³/mol. The van der Waals surface area contributed by atoms with Crippen LogP contribution in [0.1, 0.15) is 27.3 Å². The second-order valence-corrected chi connectivity index (χ2v) is 7.46. The van der Waals surface area contributed by atoms with Crippen LogP contribution >= 0.6 is 23.4 Å². The number of imide groups is 1. The van der Waals surface area contributed by atoms with E-state index < -0.39 is 5.97 Å². The van der Waals surface area contributed by atoms with Crippen molar-refractivity contribution in [2.45, 2.75) is 13.8 Å². The molecule has 2 aromatic rings. The Bertz CT molecular complexity index is 1010. The third-order valence-corrected chi connectivity index (χ3v) is 5.63. The van der Waals surface area contributed by atoms with E-state index in [1.165, 1.54) is 14.2 Å². The number of hydrogen-bond acceptors (Lipinski definition) is 5. The Kier molecular flexibility index (Phi) is 5.17. The first-order valence-electron chi connectivity index (χ1n) is 8.03. The number of benzene rings is 1. The van der Waals surface area contributed by atoms with Crippen LogP contribution in [0.4, 0.5) is 4.79 Å². The first-order chi connectivity index (χ1) is 12.7. The number of carbonyl (C=O) groups excluding carboxylic acids is 3. The molecule has 1 saturated heterocycles. The van der Waals surface area contributed by atoms with Gasteiger partial charge in [-0.1, -0.05) is 11.6 Å². The summed E-state index contributed by atoms with van der Waals surface area (Å²) in [6.45, 7) is 3.84. The summed E-state index contributed by atoms with van der Waals surface area (Å²) in [6, 6.07) is 7.02. The highest BCUT2D eigenvalue weighted by Gasteiger charge is 2.32. The van der Waals surface area contributed by atoms with Crippen molar-refractivity contribution in [1.82, 2.24) is 9.47 Å². The second-order valence-electron chi connectivity index (χ2n) is 6.06. The van der Waals surface area contributed by atoms with Crippen molar-refractivity contribution in [3.8, 4) is 5.69 Å². The highest BCUT2D eigenvalue weighted by molar-refractivity contribution is 8.18. The minimum atomic E-state index is -0.497. The van der Waals surface area contributed by atoms with Gasteiger partial charge in [-0.15, -0.1) is 0 Å². The molecule has 3 rings (SSSR count). The second kappa shape index (κ2) is 7.25. The van der Waals surface area contributed by atoms with Crippen LogP contribution in [-0.4, -0.2) is 40.7 Å². The van der Waals surface area contributed by atoms with Crippen LogP contribution in [-0.2, 0) is 9.53 Å². The normalized spacial score (nSPS) is 15.7. The number of rotatable bonds is 3. The number of amides is 2. The average Bonchev–Trinajstić information content (AvgIpc) is 3.04. The van der Waals surface area contributed by atoms with E-state index in [4.69, 9.17) is 16.3 Å². The van der Waals surface area contributed by atoms with Crippen molar-refractivity contribution in [2.75, 3.05) is 14.2 Å². The predicted octanol–water partition coefficient (Wildman–Crippen LogP) is 4.20. The van der Waals surface area contributed by atoms with Gasteiger partial charge in [0.2, 0.25) is 0 Å². The number of carbonyl (C=O) groups is 3. The summed E-state index contributed by atoms with van der Waals surface area (Å²) >= 11 is 7.16. The zero-order chi connectivity index (χ0) is 19.9. The van der Waals surface area contributed by atoms with Gasteiger partial charge in [0.1, 0.15) is 0 Å². The van der Waals surface area contributed by atoms with E-state index >= 15 is 0 Å². The van der Waals surface area contributed by atoms with Gasteiger partial charge in [0.25, 0.3) is 11.1 Å². The minimum Gasteiger partial charge on any atom is -0.465 e. The van der Waals surface area contributed by atoms with E-state index in [9.17, 15) is 14.4 Å². The Morgan fingerprint density at radius 3 is 2.48 bits per heavy atom. The van der Waals surface area contributed by atoms with Crippen LogP contribution in [0.2, 0.25) is 5.02 Å². The van der Waals surface area contributed by atoms with Crippen LogP contribution < -0.4 is 0 Å². The molecular weight excluding hydrogens is 388 g/mol. The van der Waals surface area contributed by atoms with Crippen LogP contribution in [0.5, 0.6) is 0 Å². The molecule has 0 radical (unpaired) electrons. The molecule has 1 fully saturated rings. The molecule has 0 N–H and O–H groups in total. The van der Waals surface area contributed by atoms with Gasteiger partial charge in [-0.2, -0.15) is 0 Å². The standard InChI is InChI=1S/C19H17ClN2O4S/c1-10-7-12(8-16-17(23)21(3)19(25)27-16)11(2)22(10)13-5-6-14(15(20)9-13)18(24)26-4/h5-9H,1-4H3/b16-8-. The third-order valence-electron chi connectivity index (χ3n) is 4.36. The number of esters is 1. The van der Waals surface area contributed by atoms with Gasteiger partial charge in [0.05, 0.1) is 22.6 Å². The Labute approximate surface area is 165 Å². The molecular formula is C19H17ClN2O4S. The fourth-order valence-electron chi connectivity index (χ4n) is 2.94. The number of methoxy groups -OCH3 is 1. The van der Waals surface area contributed by atoms with Gasteiger partial charge in [-0.05, 0) is 61.5 Å². The van der Waals surface area contributed by atoms with Crippen LogP contribution in [0, 0.1) is 13.8 Å². The molecule has 8 heteroatoms. The fraction of sp³-hybridized carbons (Fsp3) is 0.211. The maximum atomic E-state index is 12.1. The van der Waals surface area contributed by atoms with Crippen molar-refractivity contribution >= 4 is 46.6 Å². The molecule has 0 atom stereocenters. The molecule has 0 saturated carbocycles. The van der Waals surface area contributed by atoms with E-state index in [1.54, 1.807) is 24.3 Å². The monoisotopic (exact) mass is 404 g/mol. The molecule has 6 nitrogen and oxygen atoms in total. The minimum absolute atomic E-state index is 0.287. The van der Waals surface area contributed by atoms with Crippen molar-refractivity contribution in [1.29, 1.82) is 0 Å². The van der Waals surface area contributed by atoms with Crippen LogP contribution in [0.3, 0.4) is 0 Å². The maximum absolute atomic E-state index is 12.1. The fourth-order valence-corrected chi connectivity index (χ4v) is 4.01. The van der Waals surface area contributed by atoms with Gasteiger partial charge in [0, 0.05) is 24.1 Å². The van der Waals surface area contributed by atoms with Crippen molar-refractivity contribution in [3.63, 3.8) is 0 Å². The van der Waals surface area contributed by atoms with Gasteiger partial charge < -0.3 is 9.30 Å². The molecule has 140 valence electrons. The highest BCUT2D eigenvalue weighted by Crippen LogP contribution is 2.33. The lowest BCUT2D eigenvalue weighted by atomic mass is 10.2.